The highest BCUT2D eigenvalue weighted by molar-refractivity contribution is 9.08. The number of methoxy groups -OCH3 is 1. The van der Waals surface area contributed by atoms with Crippen LogP contribution < -0.4 is 9.47 Å². The van der Waals surface area contributed by atoms with Crippen LogP contribution in [0.15, 0.2) is 36.4 Å². The molecular formula is C15H13BrClFO2. The van der Waals surface area contributed by atoms with Crippen molar-refractivity contribution in [3.63, 3.8) is 0 Å². The van der Waals surface area contributed by atoms with Gasteiger partial charge in [0.1, 0.15) is 12.4 Å². The van der Waals surface area contributed by atoms with Gasteiger partial charge in [-0.3, -0.25) is 0 Å². The smallest absolute Gasteiger partial charge is 0.165 e. The van der Waals surface area contributed by atoms with Crippen LogP contribution in [0, 0.1) is 5.82 Å². The zero-order valence-electron chi connectivity index (χ0n) is 10.8. The van der Waals surface area contributed by atoms with Gasteiger partial charge < -0.3 is 9.47 Å². The van der Waals surface area contributed by atoms with Crippen LogP contribution in [0.3, 0.4) is 0 Å². The molecule has 0 radical (unpaired) electrons. The van der Waals surface area contributed by atoms with Crippen LogP contribution in [-0.4, -0.2) is 7.11 Å². The predicted octanol–water partition coefficient (Wildman–Crippen LogP) is 4.96. The van der Waals surface area contributed by atoms with Crippen LogP contribution in [-0.2, 0) is 11.9 Å². The lowest BCUT2D eigenvalue weighted by Crippen LogP contribution is -2.02. The van der Waals surface area contributed by atoms with E-state index in [9.17, 15) is 4.39 Å². The minimum atomic E-state index is -0.291. The zero-order chi connectivity index (χ0) is 14.5. The molecule has 0 saturated heterocycles. The molecule has 0 aliphatic carbocycles. The Morgan fingerprint density at radius 2 is 1.95 bits per heavy atom. The van der Waals surface area contributed by atoms with Gasteiger partial charge in [0.25, 0.3) is 0 Å². The highest BCUT2D eigenvalue weighted by Crippen LogP contribution is 2.36. The molecule has 0 atom stereocenters. The van der Waals surface area contributed by atoms with Crippen molar-refractivity contribution in [2.45, 2.75) is 11.9 Å². The number of rotatable bonds is 5. The van der Waals surface area contributed by atoms with Crippen molar-refractivity contribution >= 4 is 27.5 Å². The summed E-state index contributed by atoms with van der Waals surface area (Å²) in [4.78, 5) is 0. The third kappa shape index (κ3) is 3.44. The molecule has 0 fully saturated rings. The minimum Gasteiger partial charge on any atom is -0.493 e. The third-order valence-electron chi connectivity index (χ3n) is 2.79. The van der Waals surface area contributed by atoms with Crippen LogP contribution in [0.5, 0.6) is 11.5 Å². The van der Waals surface area contributed by atoms with Crippen molar-refractivity contribution in [3.05, 3.63) is 58.4 Å². The molecule has 0 aromatic heterocycles. The van der Waals surface area contributed by atoms with Gasteiger partial charge in [0.2, 0.25) is 0 Å². The molecular weight excluding hydrogens is 347 g/mol. The van der Waals surface area contributed by atoms with E-state index in [1.807, 2.05) is 0 Å². The van der Waals surface area contributed by atoms with E-state index in [0.29, 0.717) is 27.4 Å². The average molecular weight is 360 g/mol. The van der Waals surface area contributed by atoms with E-state index in [2.05, 4.69) is 15.9 Å². The number of hydrogen-bond acceptors (Lipinski definition) is 2. The summed E-state index contributed by atoms with van der Waals surface area (Å²) < 4.78 is 24.6. The molecule has 0 bridgehead atoms. The second-order valence-corrected chi connectivity index (χ2v) is 5.11. The number of alkyl halides is 1. The summed E-state index contributed by atoms with van der Waals surface area (Å²) in [5.41, 5.74) is 1.34. The van der Waals surface area contributed by atoms with Gasteiger partial charge in [0, 0.05) is 27.5 Å². The molecule has 0 heterocycles. The van der Waals surface area contributed by atoms with Gasteiger partial charge in [0.05, 0.1) is 7.11 Å². The van der Waals surface area contributed by atoms with Crippen LogP contribution in [0.1, 0.15) is 11.1 Å². The van der Waals surface area contributed by atoms with E-state index in [1.54, 1.807) is 37.4 Å². The summed E-state index contributed by atoms with van der Waals surface area (Å²) in [5, 5.41) is 1.13. The first-order chi connectivity index (χ1) is 9.65. The fraction of sp³-hybridized carbons (Fsp3) is 0.200. The molecule has 0 N–H and O–H groups in total. The summed E-state index contributed by atoms with van der Waals surface area (Å²) >= 11 is 9.38. The first-order valence-electron chi connectivity index (χ1n) is 5.94. The number of halogens is 3. The molecule has 106 valence electrons. The van der Waals surface area contributed by atoms with Gasteiger partial charge in [-0.05, 0) is 12.1 Å². The summed E-state index contributed by atoms with van der Waals surface area (Å²) in [5.74, 6) is 0.807. The molecule has 0 saturated carbocycles. The zero-order valence-corrected chi connectivity index (χ0v) is 13.2. The normalized spacial score (nSPS) is 10.4. The Hall–Kier alpha value is -1.26. The third-order valence-corrected chi connectivity index (χ3v) is 3.61. The van der Waals surface area contributed by atoms with E-state index in [0.717, 1.165) is 5.56 Å². The summed E-state index contributed by atoms with van der Waals surface area (Å²) in [7, 11) is 1.54. The summed E-state index contributed by atoms with van der Waals surface area (Å²) in [6.07, 6.45) is 0. The maximum Gasteiger partial charge on any atom is 0.165 e. The fourth-order valence-electron chi connectivity index (χ4n) is 1.80. The Balaban J connectivity index is 2.27. The Bertz CT molecular complexity index is 579. The van der Waals surface area contributed by atoms with E-state index in [1.165, 1.54) is 6.07 Å². The summed E-state index contributed by atoms with van der Waals surface area (Å²) in [6.45, 7) is 0.130. The lowest BCUT2D eigenvalue weighted by Gasteiger charge is -2.15. The molecule has 0 amide bonds. The van der Waals surface area contributed by atoms with Crippen molar-refractivity contribution in [1.82, 2.24) is 0 Å². The molecule has 5 heteroatoms. The molecule has 0 aliphatic rings. The Morgan fingerprint density at radius 1 is 1.20 bits per heavy atom. The van der Waals surface area contributed by atoms with Gasteiger partial charge in [-0.15, -0.1) is 0 Å². The average Bonchev–Trinajstić information content (AvgIpc) is 2.46. The van der Waals surface area contributed by atoms with Crippen LogP contribution >= 0.6 is 27.5 Å². The second-order valence-electron chi connectivity index (χ2n) is 4.11. The molecule has 0 spiro atoms. The van der Waals surface area contributed by atoms with Crippen LogP contribution in [0.2, 0.25) is 5.02 Å². The van der Waals surface area contributed by atoms with Gasteiger partial charge in [-0.25, -0.2) is 4.39 Å². The van der Waals surface area contributed by atoms with Crippen molar-refractivity contribution in [2.75, 3.05) is 7.11 Å². The fourth-order valence-corrected chi connectivity index (χ4v) is 2.45. The van der Waals surface area contributed by atoms with Gasteiger partial charge in [-0.1, -0.05) is 45.7 Å². The molecule has 0 aliphatic heterocycles. The SMILES string of the molecule is COc1cc(Cl)cc(CBr)c1OCc1ccccc1F. The van der Waals surface area contributed by atoms with Gasteiger partial charge in [0.15, 0.2) is 11.5 Å². The predicted molar refractivity (Wildman–Crippen MR) is 81.4 cm³/mol. The number of benzene rings is 2. The van der Waals surface area contributed by atoms with Gasteiger partial charge in [-0.2, -0.15) is 0 Å². The standard InChI is InChI=1S/C15H13BrClFO2/c1-19-14-7-12(17)6-11(8-16)15(14)20-9-10-4-2-3-5-13(10)18/h2-7H,8-9H2,1H3. The maximum absolute atomic E-state index is 13.6. The molecule has 2 rings (SSSR count). The number of hydrogen-bond donors (Lipinski definition) is 0. The van der Waals surface area contributed by atoms with Crippen LogP contribution in [0.25, 0.3) is 0 Å². The monoisotopic (exact) mass is 358 g/mol. The second kappa shape index (κ2) is 6.95. The lowest BCUT2D eigenvalue weighted by atomic mass is 10.2. The Labute approximate surface area is 130 Å². The van der Waals surface area contributed by atoms with Gasteiger partial charge >= 0.3 is 0 Å². The van der Waals surface area contributed by atoms with Crippen molar-refractivity contribution in [3.8, 4) is 11.5 Å². The van der Waals surface area contributed by atoms with Crippen LogP contribution in [0.4, 0.5) is 4.39 Å². The van der Waals surface area contributed by atoms with E-state index in [4.69, 9.17) is 21.1 Å². The van der Waals surface area contributed by atoms with Crippen molar-refractivity contribution in [2.24, 2.45) is 0 Å². The maximum atomic E-state index is 13.6. The van der Waals surface area contributed by atoms with Crippen molar-refractivity contribution < 1.29 is 13.9 Å². The minimum absolute atomic E-state index is 0.130. The topological polar surface area (TPSA) is 18.5 Å². The number of ether oxygens (including phenoxy) is 2. The van der Waals surface area contributed by atoms with E-state index >= 15 is 0 Å². The van der Waals surface area contributed by atoms with Crippen molar-refractivity contribution in [1.29, 1.82) is 0 Å². The lowest BCUT2D eigenvalue weighted by molar-refractivity contribution is 0.277. The molecule has 0 unspecified atom stereocenters. The van der Waals surface area contributed by atoms with E-state index in [-0.39, 0.29) is 12.4 Å². The first kappa shape index (κ1) is 15.1. The first-order valence-corrected chi connectivity index (χ1v) is 7.44. The molecule has 2 aromatic rings. The molecule has 20 heavy (non-hydrogen) atoms. The summed E-state index contributed by atoms with van der Waals surface area (Å²) in [6, 6.07) is 9.96. The largest absolute Gasteiger partial charge is 0.493 e. The van der Waals surface area contributed by atoms with E-state index < -0.39 is 0 Å². The molecule has 2 aromatic carbocycles. The Kier molecular flexibility index (Phi) is 5.26. The molecule has 2 nitrogen and oxygen atoms in total. The highest BCUT2D eigenvalue weighted by atomic mass is 79.9. The quantitative estimate of drug-likeness (QED) is 0.702. The Morgan fingerprint density at radius 3 is 2.60 bits per heavy atom. The highest BCUT2D eigenvalue weighted by Gasteiger charge is 2.13.